The van der Waals surface area contributed by atoms with Crippen molar-refractivity contribution in [3.8, 4) is 11.1 Å². The Morgan fingerprint density at radius 1 is 0.833 bits per heavy atom. The normalized spacial score (nSPS) is 15.7. The molecule has 1 atom stereocenters. The van der Waals surface area contributed by atoms with Crippen LogP contribution in [-0.2, 0) is 17.6 Å². The minimum Gasteiger partial charge on any atom is -0.481 e. The monoisotopic (exact) mass is 395 g/mol. The van der Waals surface area contributed by atoms with E-state index in [4.69, 9.17) is 0 Å². The Hall–Kier alpha value is -3.66. The molecule has 0 saturated heterocycles. The van der Waals surface area contributed by atoms with Crippen molar-refractivity contribution in [3.63, 3.8) is 0 Å². The van der Waals surface area contributed by atoms with E-state index in [1.54, 1.807) is 4.57 Å². The highest BCUT2D eigenvalue weighted by Gasteiger charge is 2.30. The number of carboxylic acid groups (broad SMARTS) is 1. The zero-order chi connectivity index (χ0) is 20.7. The molecule has 0 radical (unpaired) electrons. The lowest BCUT2D eigenvalue weighted by atomic mass is 9.86. The van der Waals surface area contributed by atoms with Crippen LogP contribution in [0.1, 0.15) is 28.0 Å². The van der Waals surface area contributed by atoms with Gasteiger partial charge in [0, 0.05) is 16.6 Å². The summed E-state index contributed by atoms with van der Waals surface area (Å²) in [6.07, 6.45) is 1.62. The van der Waals surface area contributed by atoms with Gasteiger partial charge < -0.3 is 5.11 Å². The molecule has 148 valence electrons. The molecule has 0 amide bonds. The fourth-order valence-electron chi connectivity index (χ4n) is 4.52. The van der Waals surface area contributed by atoms with E-state index in [1.165, 1.54) is 0 Å². The Morgan fingerprint density at radius 2 is 1.50 bits per heavy atom. The molecule has 4 nitrogen and oxygen atoms in total. The molecule has 4 heteroatoms. The number of carbonyl (C=O) groups is 2. The van der Waals surface area contributed by atoms with Crippen LogP contribution in [0, 0.1) is 5.92 Å². The second kappa shape index (κ2) is 7.30. The average molecular weight is 395 g/mol. The van der Waals surface area contributed by atoms with Crippen molar-refractivity contribution in [1.29, 1.82) is 0 Å². The van der Waals surface area contributed by atoms with E-state index in [-0.39, 0.29) is 5.91 Å². The number of hydrogen-bond donors (Lipinski definition) is 1. The standard InChI is InChI=1S/C26H21NO3/c28-25(19-12-10-18(11-13-19)17-6-2-1-3-7-17)27-23-9-5-4-8-21(23)22-16-20(26(29)30)14-15-24(22)27/h1-13,20H,14-16H2,(H,29,30). The van der Waals surface area contributed by atoms with E-state index in [9.17, 15) is 14.7 Å². The number of nitrogens with zero attached hydrogens (tertiary/aromatic N) is 1. The van der Waals surface area contributed by atoms with Gasteiger partial charge in [0.15, 0.2) is 0 Å². The topological polar surface area (TPSA) is 59.3 Å². The molecule has 1 aliphatic rings. The van der Waals surface area contributed by atoms with Gasteiger partial charge in [-0.2, -0.15) is 0 Å². The second-order valence-corrected chi connectivity index (χ2v) is 7.80. The quantitative estimate of drug-likeness (QED) is 0.520. The van der Waals surface area contributed by atoms with Gasteiger partial charge in [-0.15, -0.1) is 0 Å². The Labute approximate surface area is 174 Å². The molecule has 3 aromatic carbocycles. The number of carbonyl (C=O) groups excluding carboxylic acids is 1. The van der Waals surface area contributed by atoms with Crippen LogP contribution in [0.5, 0.6) is 0 Å². The number of hydrogen-bond acceptors (Lipinski definition) is 2. The van der Waals surface area contributed by atoms with E-state index in [2.05, 4.69) is 0 Å². The summed E-state index contributed by atoms with van der Waals surface area (Å²) in [7, 11) is 0. The van der Waals surface area contributed by atoms with Crippen LogP contribution in [-0.4, -0.2) is 21.6 Å². The molecule has 0 bridgehead atoms. The zero-order valence-electron chi connectivity index (χ0n) is 16.4. The van der Waals surface area contributed by atoms with Crippen molar-refractivity contribution >= 4 is 22.8 Å². The maximum Gasteiger partial charge on any atom is 0.306 e. The minimum absolute atomic E-state index is 0.0687. The van der Waals surface area contributed by atoms with Crippen molar-refractivity contribution in [2.45, 2.75) is 19.3 Å². The molecule has 0 spiro atoms. The minimum atomic E-state index is -0.764. The van der Waals surface area contributed by atoms with Gasteiger partial charge in [-0.1, -0.05) is 60.7 Å². The van der Waals surface area contributed by atoms with Gasteiger partial charge in [-0.25, -0.2) is 0 Å². The number of aromatic nitrogens is 1. The molecule has 5 rings (SSSR count). The fraction of sp³-hybridized carbons (Fsp3) is 0.154. The van der Waals surface area contributed by atoms with E-state index in [0.29, 0.717) is 24.8 Å². The van der Waals surface area contributed by atoms with Gasteiger partial charge in [0.1, 0.15) is 0 Å². The summed E-state index contributed by atoms with van der Waals surface area (Å²) in [5.74, 6) is -1.22. The maximum absolute atomic E-state index is 13.5. The highest BCUT2D eigenvalue weighted by atomic mass is 16.4. The molecular formula is C26H21NO3. The van der Waals surface area contributed by atoms with Crippen LogP contribution in [0.3, 0.4) is 0 Å². The molecule has 30 heavy (non-hydrogen) atoms. The van der Waals surface area contributed by atoms with Gasteiger partial charge in [-0.3, -0.25) is 14.2 Å². The van der Waals surface area contributed by atoms with Crippen LogP contribution in [0.4, 0.5) is 0 Å². The molecular weight excluding hydrogens is 374 g/mol. The third-order valence-corrected chi connectivity index (χ3v) is 6.06. The lowest BCUT2D eigenvalue weighted by Gasteiger charge is -2.20. The van der Waals surface area contributed by atoms with Crippen molar-refractivity contribution in [2.75, 3.05) is 0 Å². The summed E-state index contributed by atoms with van der Waals surface area (Å²) >= 11 is 0. The summed E-state index contributed by atoms with van der Waals surface area (Å²) in [4.78, 5) is 25.0. The molecule has 0 fully saturated rings. The van der Waals surface area contributed by atoms with E-state index < -0.39 is 11.9 Å². The van der Waals surface area contributed by atoms with Gasteiger partial charge in [-0.05, 0) is 54.2 Å². The predicted octanol–water partition coefficient (Wildman–Crippen LogP) is 5.19. The first-order valence-corrected chi connectivity index (χ1v) is 10.2. The molecule has 0 aliphatic heterocycles. The van der Waals surface area contributed by atoms with Crippen molar-refractivity contribution in [2.24, 2.45) is 5.92 Å². The highest BCUT2D eigenvalue weighted by molar-refractivity contribution is 6.04. The number of para-hydroxylation sites is 1. The molecule has 1 N–H and O–H groups in total. The smallest absolute Gasteiger partial charge is 0.306 e. The fourth-order valence-corrected chi connectivity index (χ4v) is 4.52. The molecule has 1 unspecified atom stereocenters. The first-order chi connectivity index (χ1) is 14.6. The van der Waals surface area contributed by atoms with Gasteiger partial charge in [0.25, 0.3) is 5.91 Å². The summed E-state index contributed by atoms with van der Waals surface area (Å²) < 4.78 is 1.79. The number of aliphatic carboxylic acids is 1. The predicted molar refractivity (Wildman–Crippen MR) is 117 cm³/mol. The van der Waals surface area contributed by atoms with Crippen molar-refractivity contribution < 1.29 is 14.7 Å². The van der Waals surface area contributed by atoms with Crippen LogP contribution in [0.15, 0.2) is 78.9 Å². The van der Waals surface area contributed by atoms with Crippen molar-refractivity contribution in [3.05, 3.63) is 95.7 Å². The number of fused-ring (bicyclic) bond motifs is 3. The molecule has 1 heterocycles. The zero-order valence-corrected chi connectivity index (χ0v) is 16.4. The van der Waals surface area contributed by atoms with E-state index in [0.717, 1.165) is 33.3 Å². The Morgan fingerprint density at radius 3 is 2.23 bits per heavy atom. The van der Waals surface area contributed by atoms with Gasteiger partial charge in [0.05, 0.1) is 11.4 Å². The largest absolute Gasteiger partial charge is 0.481 e. The van der Waals surface area contributed by atoms with E-state index >= 15 is 0 Å². The maximum atomic E-state index is 13.5. The van der Waals surface area contributed by atoms with Crippen LogP contribution < -0.4 is 0 Å². The Balaban J connectivity index is 1.57. The third-order valence-electron chi connectivity index (χ3n) is 6.06. The Kier molecular flexibility index (Phi) is 4.47. The molecule has 1 aliphatic carbocycles. The molecule has 4 aromatic rings. The van der Waals surface area contributed by atoms with Crippen molar-refractivity contribution in [1.82, 2.24) is 4.57 Å². The van der Waals surface area contributed by atoms with Crippen LogP contribution >= 0.6 is 0 Å². The Bertz CT molecular complexity index is 1250. The summed E-state index contributed by atoms with van der Waals surface area (Å²) in [5, 5.41) is 10.5. The third kappa shape index (κ3) is 3.01. The van der Waals surface area contributed by atoms with Gasteiger partial charge >= 0.3 is 5.97 Å². The number of benzene rings is 3. The lowest BCUT2D eigenvalue weighted by molar-refractivity contribution is -0.142. The lowest BCUT2D eigenvalue weighted by Crippen LogP contribution is -2.24. The van der Waals surface area contributed by atoms with Crippen LogP contribution in [0.2, 0.25) is 0 Å². The van der Waals surface area contributed by atoms with E-state index in [1.807, 2.05) is 78.9 Å². The summed E-state index contributed by atoms with van der Waals surface area (Å²) in [6, 6.07) is 25.6. The number of rotatable bonds is 3. The molecule has 1 aromatic heterocycles. The molecule has 0 saturated carbocycles. The summed E-state index contributed by atoms with van der Waals surface area (Å²) in [5.41, 5.74) is 5.60. The van der Waals surface area contributed by atoms with Crippen LogP contribution in [0.25, 0.3) is 22.0 Å². The second-order valence-electron chi connectivity index (χ2n) is 7.80. The highest BCUT2D eigenvalue weighted by Crippen LogP contribution is 2.35. The first kappa shape index (κ1) is 18.4. The SMILES string of the molecule is O=C(O)C1CCc2c(c3ccccc3n2C(=O)c2ccc(-c3ccccc3)cc2)C1. The first-order valence-electron chi connectivity index (χ1n) is 10.2. The summed E-state index contributed by atoms with van der Waals surface area (Å²) in [6.45, 7) is 0. The average Bonchev–Trinajstić information content (AvgIpc) is 3.13. The van der Waals surface area contributed by atoms with Gasteiger partial charge in [0.2, 0.25) is 0 Å². The number of carboxylic acids is 1.